The first kappa shape index (κ1) is 66.2. The highest BCUT2D eigenvalue weighted by Crippen LogP contribution is 2.56. The Morgan fingerprint density at radius 3 is 0.667 bits per heavy atom. The number of anilines is 3. The van der Waals surface area contributed by atoms with E-state index in [1.54, 1.807) is 0 Å². The Hall–Kier alpha value is -9.68. The molecule has 10 aromatic rings. The third-order valence-corrected chi connectivity index (χ3v) is 14.7. The summed E-state index contributed by atoms with van der Waals surface area (Å²) in [6, 6.07) is 27.7. The fraction of sp³-hybridized carbons (Fsp3) is 0.118. The van der Waals surface area contributed by atoms with Gasteiger partial charge in [-0.1, -0.05) is 109 Å². The van der Waals surface area contributed by atoms with Crippen LogP contribution in [-0.4, -0.2) is 0 Å². The molecule has 0 radical (unpaired) electrons. The number of hydrogen-bond acceptors (Lipinski definition) is 1. The second-order valence-corrected chi connectivity index (χ2v) is 21.0. The van der Waals surface area contributed by atoms with Crippen molar-refractivity contribution in [1.29, 1.82) is 0 Å². The van der Waals surface area contributed by atoms with Gasteiger partial charge in [-0.25, -0.2) is 0 Å². The van der Waals surface area contributed by atoms with Gasteiger partial charge < -0.3 is 4.90 Å². The second kappa shape index (κ2) is 23.8. The van der Waals surface area contributed by atoms with E-state index in [0.717, 1.165) is 17.0 Å². The number of rotatable bonds is 10. The minimum absolute atomic E-state index is 0.0521. The molecule has 0 atom stereocenters. The summed E-state index contributed by atoms with van der Waals surface area (Å²) in [5.74, 6) is 0. The first-order valence-corrected chi connectivity index (χ1v) is 26.8. The van der Waals surface area contributed by atoms with Gasteiger partial charge in [-0.2, -0.15) is 105 Å². The van der Waals surface area contributed by atoms with E-state index in [4.69, 9.17) is 0 Å². The lowest BCUT2D eigenvalue weighted by molar-refractivity contribution is -0.144. The van der Waals surface area contributed by atoms with Crippen molar-refractivity contribution < 1.29 is 105 Å². The van der Waals surface area contributed by atoms with Gasteiger partial charge in [-0.3, -0.25) is 0 Å². The minimum atomic E-state index is -5.67. The molecule has 480 valence electrons. The van der Waals surface area contributed by atoms with E-state index < -0.39 is 161 Å². The Labute approximate surface area is 510 Å². The van der Waals surface area contributed by atoms with Crippen molar-refractivity contribution in [2.75, 3.05) is 4.90 Å². The smallest absolute Gasteiger partial charge is 0.309 e. The van der Waals surface area contributed by atoms with Crippen LogP contribution in [0.5, 0.6) is 0 Å². The quantitative estimate of drug-likeness (QED) is 0.123. The molecule has 0 unspecified atom stereocenters. The highest BCUT2D eigenvalue weighted by atomic mass is 19.4. The van der Waals surface area contributed by atoms with Crippen molar-refractivity contribution in [2.24, 2.45) is 0 Å². The lowest BCUT2D eigenvalue weighted by Crippen LogP contribution is -2.16. The Kier molecular flexibility index (Phi) is 16.9. The Balaban J connectivity index is 1.54. The van der Waals surface area contributed by atoms with Crippen LogP contribution in [0.3, 0.4) is 0 Å². The normalized spacial score (nSPS) is 12.9. The molecule has 0 aliphatic rings. The topological polar surface area (TPSA) is 3.24 Å². The van der Waals surface area contributed by atoms with Gasteiger partial charge >= 0.3 is 49.4 Å². The molecule has 1 nitrogen and oxygen atoms in total. The fourth-order valence-corrected chi connectivity index (χ4v) is 10.6. The molecule has 0 saturated carbocycles. The van der Waals surface area contributed by atoms with Crippen LogP contribution in [0.25, 0.3) is 77.9 Å². The molecular formula is C68H35F24N. The highest BCUT2D eigenvalue weighted by Gasteiger charge is 2.43. The average molecular weight is 1320 g/mol. The Morgan fingerprint density at radius 1 is 0.172 bits per heavy atom. The van der Waals surface area contributed by atoms with E-state index in [9.17, 15) is 52.7 Å². The molecule has 0 spiro atoms. The summed E-state index contributed by atoms with van der Waals surface area (Å²) >= 11 is 0. The molecule has 93 heavy (non-hydrogen) atoms. The SMILES string of the molecule is FC(F)(F)c1cc(-c2cc(-c3cc(C(F)(F)F)cc(C(F)(F)F)c3)c(-c3ccccc3)c(N(c3ccccc3-c3ccccc3)c3cc(-c4cc(C(F)(F)F)cc(C(F)(F)F)c4)cc(-c4cc(C(F)(F)F)cc(C(F)(F)F)c4)c3-c3ccccc3)c2)cc(C(F)(F)F)c1. The molecule has 0 saturated heterocycles. The Morgan fingerprint density at radius 2 is 0.398 bits per heavy atom. The summed E-state index contributed by atoms with van der Waals surface area (Å²) in [5.41, 5.74) is -27.7. The third kappa shape index (κ3) is 14.2. The number of benzene rings is 10. The van der Waals surface area contributed by atoms with E-state index in [1.807, 2.05) is 0 Å². The molecule has 0 bridgehead atoms. The largest absolute Gasteiger partial charge is 0.416 e. The van der Waals surface area contributed by atoms with Gasteiger partial charge in [0.25, 0.3) is 0 Å². The highest BCUT2D eigenvalue weighted by molar-refractivity contribution is 6.06. The number of alkyl halides is 24. The molecular weight excluding hydrogens is 1290 g/mol. The molecule has 10 rings (SSSR count). The molecule has 0 heterocycles. The van der Waals surface area contributed by atoms with Gasteiger partial charge in [0, 0.05) is 16.7 Å². The lowest BCUT2D eigenvalue weighted by atomic mass is 9.84. The zero-order valence-corrected chi connectivity index (χ0v) is 46.2. The van der Waals surface area contributed by atoms with E-state index in [2.05, 4.69) is 0 Å². The first-order chi connectivity index (χ1) is 43.1. The van der Waals surface area contributed by atoms with Gasteiger partial charge in [-0.05, 0) is 164 Å². The third-order valence-electron chi connectivity index (χ3n) is 14.7. The van der Waals surface area contributed by atoms with E-state index in [1.165, 1.54) is 115 Å². The molecule has 25 heteroatoms. The van der Waals surface area contributed by atoms with Crippen LogP contribution >= 0.6 is 0 Å². The standard InChI is InChI=1S/C68H35F24N/c69-61(70,71)45-20-39(21-46(32-45)62(72,73)74)41-28-54(43-24-49(65(81,82)83)34-50(25-43)66(84,85)86)59(37-14-6-2-7-15-37)57(30-41)93(56-19-11-10-18-53(56)36-12-4-1-5-13-36)58-31-42(40-22-47(63(75,76)77)33-48(23-40)64(78,79)80)29-55(60(58)38-16-8-3-9-17-38)44-26-51(67(87,88)89)35-52(27-44)68(90,91)92/h1-35H. The summed E-state index contributed by atoms with van der Waals surface area (Å²) in [7, 11) is 0. The summed E-state index contributed by atoms with van der Waals surface area (Å²) in [5, 5.41) is 0. The van der Waals surface area contributed by atoms with E-state index in [0.29, 0.717) is 12.1 Å². The van der Waals surface area contributed by atoms with Gasteiger partial charge in [0.2, 0.25) is 0 Å². The zero-order chi connectivity index (χ0) is 67.8. The van der Waals surface area contributed by atoms with Crippen LogP contribution in [0.4, 0.5) is 122 Å². The van der Waals surface area contributed by atoms with Crippen LogP contribution in [-0.2, 0) is 49.4 Å². The second-order valence-electron chi connectivity index (χ2n) is 21.0. The maximum absolute atomic E-state index is 15.1. The first-order valence-electron chi connectivity index (χ1n) is 26.8. The van der Waals surface area contributed by atoms with Gasteiger partial charge in [0.05, 0.1) is 61.6 Å². The number of nitrogens with zero attached hydrogens (tertiary/aromatic N) is 1. The van der Waals surface area contributed by atoms with Crippen molar-refractivity contribution in [1.82, 2.24) is 0 Å². The molecule has 0 fully saturated rings. The van der Waals surface area contributed by atoms with Crippen molar-refractivity contribution in [3.05, 3.63) is 257 Å². The summed E-state index contributed by atoms with van der Waals surface area (Å²) in [6.07, 6.45) is -45.3. The van der Waals surface area contributed by atoms with Crippen molar-refractivity contribution in [3.63, 3.8) is 0 Å². The molecule has 0 aliphatic carbocycles. The number of halogens is 24. The Bertz CT molecular complexity index is 4040. The van der Waals surface area contributed by atoms with Gasteiger partial charge in [-0.15, -0.1) is 0 Å². The fourth-order valence-electron chi connectivity index (χ4n) is 10.6. The molecule has 0 amide bonds. The van der Waals surface area contributed by atoms with Gasteiger partial charge in [0.15, 0.2) is 0 Å². The van der Waals surface area contributed by atoms with Crippen molar-refractivity contribution >= 4 is 17.1 Å². The maximum atomic E-state index is 15.1. The molecule has 0 aliphatic heterocycles. The van der Waals surface area contributed by atoms with E-state index >= 15 is 52.7 Å². The monoisotopic (exact) mass is 1320 g/mol. The minimum Gasteiger partial charge on any atom is -0.309 e. The summed E-state index contributed by atoms with van der Waals surface area (Å²) in [4.78, 5) is 0.931. The molecule has 0 N–H and O–H groups in total. The molecule has 0 aromatic heterocycles. The lowest BCUT2D eigenvalue weighted by Gasteiger charge is -2.34. The van der Waals surface area contributed by atoms with Crippen LogP contribution in [0.1, 0.15) is 44.5 Å². The predicted molar refractivity (Wildman–Crippen MR) is 299 cm³/mol. The summed E-state index contributed by atoms with van der Waals surface area (Å²) < 4.78 is 360. The van der Waals surface area contributed by atoms with E-state index in [-0.39, 0.29) is 101 Å². The summed E-state index contributed by atoms with van der Waals surface area (Å²) in [6.45, 7) is 0. The predicted octanol–water partition coefficient (Wildman–Crippen LogP) is 25.0. The van der Waals surface area contributed by atoms with Crippen LogP contribution < -0.4 is 4.90 Å². The van der Waals surface area contributed by atoms with Crippen LogP contribution in [0, 0.1) is 0 Å². The maximum Gasteiger partial charge on any atom is 0.416 e. The van der Waals surface area contributed by atoms with Crippen molar-refractivity contribution in [3.8, 4) is 77.9 Å². The average Bonchev–Trinajstić information content (AvgIpc) is 0.731. The van der Waals surface area contributed by atoms with Crippen LogP contribution in [0.15, 0.2) is 212 Å². The van der Waals surface area contributed by atoms with Crippen LogP contribution in [0.2, 0.25) is 0 Å². The number of para-hydroxylation sites is 1. The molecule has 10 aromatic carbocycles. The zero-order valence-electron chi connectivity index (χ0n) is 46.2. The van der Waals surface area contributed by atoms with Crippen molar-refractivity contribution in [2.45, 2.75) is 49.4 Å². The van der Waals surface area contributed by atoms with Gasteiger partial charge in [0.1, 0.15) is 0 Å². The number of hydrogen-bond donors (Lipinski definition) is 0.